The first-order chi connectivity index (χ1) is 11.4. The number of amides is 1. The van der Waals surface area contributed by atoms with Gasteiger partial charge >= 0.3 is 0 Å². The Balaban J connectivity index is 1.96. The smallest absolute Gasteiger partial charge is 0.259 e. The van der Waals surface area contributed by atoms with Crippen molar-refractivity contribution >= 4 is 38.9 Å². The zero-order valence-corrected chi connectivity index (χ0v) is 14.4. The number of hydrogen-bond acceptors (Lipinski definition) is 4. The molecule has 6 nitrogen and oxygen atoms in total. The number of carbonyl (C=O) groups excluding carboxylic acids is 1. The average molecular weight is 367 g/mol. The lowest BCUT2D eigenvalue weighted by Gasteiger charge is -2.10. The molecular weight excluding hydrogens is 352 g/mol. The number of benzene rings is 2. The molecule has 0 bridgehead atoms. The van der Waals surface area contributed by atoms with Crippen LogP contribution >= 0.6 is 11.6 Å². The van der Waals surface area contributed by atoms with E-state index in [0.717, 1.165) is 0 Å². The number of hydrogen-bond donors (Lipinski definition) is 2. The van der Waals surface area contributed by atoms with Gasteiger partial charge in [0.15, 0.2) is 5.75 Å². The van der Waals surface area contributed by atoms with Gasteiger partial charge in [0, 0.05) is 10.7 Å². The molecule has 126 valence electrons. The monoisotopic (exact) mass is 366 g/mol. The number of carbonyl (C=O) groups is 1. The van der Waals surface area contributed by atoms with Crippen molar-refractivity contribution in [3.8, 4) is 11.5 Å². The van der Waals surface area contributed by atoms with Crippen molar-refractivity contribution in [3.05, 3.63) is 47.0 Å². The Morgan fingerprint density at radius 3 is 2.67 bits per heavy atom. The van der Waals surface area contributed by atoms with E-state index in [-0.39, 0.29) is 11.3 Å². The predicted molar refractivity (Wildman–Crippen MR) is 93.6 cm³/mol. The van der Waals surface area contributed by atoms with Gasteiger partial charge in [-0.25, -0.2) is 8.42 Å². The topological polar surface area (TPSA) is 84.5 Å². The van der Waals surface area contributed by atoms with Crippen LogP contribution in [0.4, 0.5) is 11.4 Å². The molecule has 0 aromatic heterocycles. The Morgan fingerprint density at radius 2 is 1.92 bits per heavy atom. The van der Waals surface area contributed by atoms with Gasteiger partial charge < -0.3 is 10.1 Å². The normalized spacial score (nSPS) is 13.2. The molecule has 0 saturated carbocycles. The van der Waals surface area contributed by atoms with Crippen LogP contribution in [0, 0.1) is 0 Å². The third-order valence-electron chi connectivity index (χ3n) is 3.38. The molecule has 2 aromatic carbocycles. The van der Waals surface area contributed by atoms with E-state index < -0.39 is 15.9 Å². The lowest BCUT2D eigenvalue weighted by atomic mass is 10.1. The van der Waals surface area contributed by atoms with Crippen molar-refractivity contribution < 1.29 is 17.9 Å². The molecule has 2 aromatic rings. The van der Waals surface area contributed by atoms with E-state index in [4.69, 9.17) is 16.3 Å². The maximum Gasteiger partial charge on any atom is 0.259 e. The van der Waals surface area contributed by atoms with Gasteiger partial charge in [-0.3, -0.25) is 9.52 Å². The fraction of sp³-hybridized carbons (Fsp3) is 0.188. The van der Waals surface area contributed by atoms with E-state index in [9.17, 15) is 13.2 Å². The second-order valence-electron chi connectivity index (χ2n) is 5.33. The highest BCUT2D eigenvalue weighted by molar-refractivity contribution is 7.92. The molecule has 0 radical (unpaired) electrons. The maximum atomic E-state index is 12.4. The van der Waals surface area contributed by atoms with Gasteiger partial charge in [-0.2, -0.15) is 0 Å². The molecular formula is C16H15ClN2O4S. The number of fused-ring (bicyclic) bond motifs is 2. The Bertz CT molecular complexity index is 912. The molecule has 1 aliphatic heterocycles. The van der Waals surface area contributed by atoms with Crippen LogP contribution < -0.4 is 14.8 Å². The molecule has 8 heteroatoms. The molecule has 0 aliphatic carbocycles. The Hall–Kier alpha value is -2.25. The first kappa shape index (κ1) is 16.6. The quantitative estimate of drug-likeness (QED) is 0.860. The Kier molecular flexibility index (Phi) is 4.38. The predicted octanol–water partition coefficient (Wildman–Crippen LogP) is 3.85. The van der Waals surface area contributed by atoms with Crippen molar-refractivity contribution in [1.29, 1.82) is 0 Å². The summed E-state index contributed by atoms with van der Waals surface area (Å²) >= 11 is 5.93. The summed E-state index contributed by atoms with van der Waals surface area (Å²) in [6.07, 6.45) is 0.500. The minimum absolute atomic E-state index is 0.0106. The van der Waals surface area contributed by atoms with Crippen molar-refractivity contribution in [1.82, 2.24) is 0 Å². The van der Waals surface area contributed by atoms with Crippen LogP contribution in [0.3, 0.4) is 0 Å². The molecule has 3 rings (SSSR count). The van der Waals surface area contributed by atoms with Gasteiger partial charge in [-0.05, 0) is 42.8 Å². The van der Waals surface area contributed by atoms with E-state index >= 15 is 0 Å². The van der Waals surface area contributed by atoms with Crippen molar-refractivity contribution in [2.45, 2.75) is 13.3 Å². The zero-order chi connectivity index (χ0) is 17.3. The molecule has 2 N–H and O–H groups in total. The summed E-state index contributed by atoms with van der Waals surface area (Å²) < 4.78 is 31.9. The van der Waals surface area contributed by atoms with Crippen molar-refractivity contribution in [2.75, 3.05) is 15.8 Å². The minimum Gasteiger partial charge on any atom is -0.454 e. The average Bonchev–Trinajstić information content (AvgIpc) is 2.63. The summed E-state index contributed by atoms with van der Waals surface area (Å²) in [5, 5.41) is 3.18. The summed E-state index contributed by atoms with van der Waals surface area (Å²) in [5.41, 5.74) is 1.00. The molecule has 1 amide bonds. The van der Waals surface area contributed by atoms with Crippen molar-refractivity contribution in [2.24, 2.45) is 0 Å². The highest BCUT2D eigenvalue weighted by Crippen LogP contribution is 2.38. The van der Waals surface area contributed by atoms with Gasteiger partial charge in [0.05, 0.1) is 17.0 Å². The molecule has 0 fully saturated rings. The van der Waals surface area contributed by atoms with Crippen LogP contribution in [-0.2, 0) is 10.0 Å². The molecule has 0 unspecified atom stereocenters. The molecule has 0 saturated heterocycles. The number of sulfonamides is 1. The van der Waals surface area contributed by atoms with Crippen molar-refractivity contribution in [3.63, 3.8) is 0 Å². The summed E-state index contributed by atoms with van der Waals surface area (Å²) in [5.74, 6) is 0.414. The lowest BCUT2D eigenvalue weighted by Crippen LogP contribution is -2.17. The van der Waals surface area contributed by atoms with Gasteiger partial charge in [0.1, 0.15) is 5.75 Å². The third-order valence-corrected chi connectivity index (χ3v) is 5.11. The van der Waals surface area contributed by atoms with E-state index in [1.165, 1.54) is 6.07 Å². The number of rotatable bonds is 4. The summed E-state index contributed by atoms with van der Waals surface area (Å²) in [6.45, 7) is 1.78. The third kappa shape index (κ3) is 3.47. The number of halogens is 1. The molecule has 0 atom stereocenters. The first-order valence-electron chi connectivity index (χ1n) is 7.31. The van der Waals surface area contributed by atoms with Crippen LogP contribution in [0.25, 0.3) is 0 Å². The van der Waals surface area contributed by atoms with E-state index in [1.807, 2.05) is 0 Å². The molecule has 24 heavy (non-hydrogen) atoms. The summed E-state index contributed by atoms with van der Waals surface area (Å²) in [6, 6.07) is 9.47. The van der Waals surface area contributed by atoms with E-state index in [2.05, 4.69) is 10.0 Å². The van der Waals surface area contributed by atoms with Crippen LogP contribution in [0.15, 0.2) is 36.4 Å². The van der Waals surface area contributed by atoms with Crippen LogP contribution in [-0.4, -0.2) is 20.1 Å². The second kappa shape index (κ2) is 6.33. The second-order valence-corrected chi connectivity index (χ2v) is 7.61. The number of anilines is 2. The number of nitrogens with one attached hydrogen (secondary N) is 2. The Morgan fingerprint density at radius 1 is 1.17 bits per heavy atom. The van der Waals surface area contributed by atoms with Crippen LogP contribution in [0.5, 0.6) is 11.5 Å². The highest BCUT2D eigenvalue weighted by atomic mass is 35.5. The van der Waals surface area contributed by atoms with Crippen LogP contribution in [0.2, 0.25) is 5.02 Å². The SMILES string of the molecule is CCCS(=O)(=O)Nc1ccc2c(c1)C(=O)Nc1cc(Cl)ccc1O2. The fourth-order valence-corrected chi connectivity index (χ4v) is 3.65. The minimum atomic E-state index is -3.44. The maximum absolute atomic E-state index is 12.4. The van der Waals surface area contributed by atoms with Gasteiger partial charge in [0.2, 0.25) is 10.0 Å². The van der Waals surface area contributed by atoms with E-state index in [1.54, 1.807) is 37.3 Å². The fourth-order valence-electron chi connectivity index (χ4n) is 2.36. The van der Waals surface area contributed by atoms with Gasteiger partial charge in [-0.15, -0.1) is 0 Å². The largest absolute Gasteiger partial charge is 0.454 e. The Labute approximate surface area is 144 Å². The molecule has 1 heterocycles. The van der Waals surface area contributed by atoms with Gasteiger partial charge in [-0.1, -0.05) is 18.5 Å². The lowest BCUT2D eigenvalue weighted by molar-refractivity contribution is 0.102. The molecule has 1 aliphatic rings. The molecule has 0 spiro atoms. The first-order valence-corrected chi connectivity index (χ1v) is 9.34. The number of ether oxygens (including phenoxy) is 1. The van der Waals surface area contributed by atoms with Crippen LogP contribution in [0.1, 0.15) is 23.7 Å². The highest BCUT2D eigenvalue weighted by Gasteiger charge is 2.22. The standard InChI is InChI=1S/C16H15ClN2O4S/c1-2-7-24(21,22)19-11-4-6-14-12(9-11)16(20)18-13-8-10(17)3-5-15(13)23-14/h3-6,8-9,19H,2,7H2,1H3,(H,18,20). The summed E-state index contributed by atoms with van der Waals surface area (Å²) in [7, 11) is -3.44. The zero-order valence-electron chi connectivity index (χ0n) is 12.8. The summed E-state index contributed by atoms with van der Waals surface area (Å²) in [4.78, 5) is 12.4. The van der Waals surface area contributed by atoms with Gasteiger partial charge in [0.25, 0.3) is 5.91 Å². The van der Waals surface area contributed by atoms with E-state index in [0.29, 0.717) is 34.3 Å².